The van der Waals surface area contributed by atoms with Gasteiger partial charge in [0, 0.05) is 0 Å². The Morgan fingerprint density at radius 2 is 2.24 bits per heavy atom. The van der Waals surface area contributed by atoms with Gasteiger partial charge in [-0.1, -0.05) is 12.1 Å². The summed E-state index contributed by atoms with van der Waals surface area (Å²) in [5, 5.41) is 12.7. The van der Waals surface area contributed by atoms with Crippen LogP contribution in [-0.2, 0) is 11.2 Å². The molecule has 0 amide bonds. The highest BCUT2D eigenvalue weighted by atomic mass is 16.5. The van der Waals surface area contributed by atoms with Crippen LogP contribution < -0.4 is 5.32 Å². The van der Waals surface area contributed by atoms with Gasteiger partial charge in [0.15, 0.2) is 0 Å². The molecule has 0 aliphatic carbocycles. The van der Waals surface area contributed by atoms with Crippen LogP contribution in [0.5, 0.6) is 5.75 Å². The molecule has 1 saturated heterocycles. The Labute approximate surface area is 103 Å². The average molecular weight is 235 g/mol. The lowest BCUT2D eigenvalue weighted by Crippen LogP contribution is -2.18. The maximum Gasteiger partial charge on any atom is 0.115 e. The molecule has 1 aromatic rings. The maximum atomic E-state index is 9.35. The molecule has 94 valence electrons. The van der Waals surface area contributed by atoms with Crippen molar-refractivity contribution < 1.29 is 9.84 Å². The first-order chi connectivity index (χ1) is 8.34. The highest BCUT2D eigenvalue weighted by Gasteiger charge is 2.11. The zero-order valence-electron chi connectivity index (χ0n) is 10.2. The summed E-state index contributed by atoms with van der Waals surface area (Å²) < 4.78 is 5.89. The topological polar surface area (TPSA) is 41.5 Å². The number of nitrogens with one attached hydrogen (secondary N) is 1. The van der Waals surface area contributed by atoms with E-state index in [9.17, 15) is 5.11 Å². The number of rotatable bonds is 4. The van der Waals surface area contributed by atoms with Crippen molar-refractivity contribution in [3.63, 3.8) is 0 Å². The lowest BCUT2D eigenvalue weighted by atomic mass is 10.1. The fourth-order valence-electron chi connectivity index (χ4n) is 2.21. The Bertz CT molecular complexity index is 333. The third kappa shape index (κ3) is 4.36. The average Bonchev–Trinajstić information content (AvgIpc) is 2.58. The molecule has 3 nitrogen and oxygen atoms in total. The first-order valence-corrected chi connectivity index (χ1v) is 6.45. The highest BCUT2D eigenvalue weighted by Crippen LogP contribution is 2.13. The number of benzene rings is 1. The Morgan fingerprint density at radius 3 is 3.12 bits per heavy atom. The summed E-state index contributed by atoms with van der Waals surface area (Å²) in [4.78, 5) is 0. The van der Waals surface area contributed by atoms with E-state index in [1.807, 2.05) is 12.1 Å². The van der Waals surface area contributed by atoms with E-state index < -0.39 is 0 Å². The lowest BCUT2D eigenvalue weighted by molar-refractivity contribution is 0.0475. The second-order valence-electron chi connectivity index (χ2n) is 4.59. The van der Waals surface area contributed by atoms with Crippen molar-refractivity contribution in [2.75, 3.05) is 19.7 Å². The van der Waals surface area contributed by atoms with Crippen molar-refractivity contribution in [3.05, 3.63) is 29.8 Å². The van der Waals surface area contributed by atoms with Crippen molar-refractivity contribution in [2.24, 2.45) is 0 Å². The molecule has 0 spiro atoms. The zero-order valence-corrected chi connectivity index (χ0v) is 10.2. The minimum Gasteiger partial charge on any atom is -0.508 e. The van der Waals surface area contributed by atoms with Gasteiger partial charge in [0.05, 0.1) is 12.7 Å². The predicted molar refractivity (Wildman–Crippen MR) is 68.3 cm³/mol. The van der Waals surface area contributed by atoms with Gasteiger partial charge in [0.1, 0.15) is 5.75 Å². The van der Waals surface area contributed by atoms with Gasteiger partial charge < -0.3 is 15.2 Å². The Morgan fingerprint density at radius 1 is 1.29 bits per heavy atom. The molecule has 17 heavy (non-hydrogen) atoms. The second-order valence-corrected chi connectivity index (χ2v) is 4.59. The fraction of sp³-hybridized carbons (Fsp3) is 0.571. The molecule has 2 N–H and O–H groups in total. The van der Waals surface area contributed by atoms with Crippen LogP contribution in [0.25, 0.3) is 0 Å². The Balaban J connectivity index is 1.71. The molecular formula is C14H21NO2. The van der Waals surface area contributed by atoms with Crippen molar-refractivity contribution in [1.29, 1.82) is 0 Å². The van der Waals surface area contributed by atoms with E-state index in [0.29, 0.717) is 11.9 Å². The Kier molecular flexibility index (Phi) is 4.83. The fourth-order valence-corrected chi connectivity index (χ4v) is 2.21. The van der Waals surface area contributed by atoms with Crippen LogP contribution in [0.3, 0.4) is 0 Å². The van der Waals surface area contributed by atoms with Crippen LogP contribution in [0.1, 0.15) is 24.8 Å². The van der Waals surface area contributed by atoms with Crippen molar-refractivity contribution in [2.45, 2.75) is 31.8 Å². The number of phenols is 1. The largest absolute Gasteiger partial charge is 0.508 e. The van der Waals surface area contributed by atoms with E-state index in [1.165, 1.54) is 6.42 Å². The van der Waals surface area contributed by atoms with Gasteiger partial charge in [-0.15, -0.1) is 0 Å². The number of aromatic hydroxyl groups is 1. The van der Waals surface area contributed by atoms with Crippen LogP contribution in [0, 0.1) is 0 Å². The van der Waals surface area contributed by atoms with Crippen LogP contribution in [0.15, 0.2) is 24.3 Å². The van der Waals surface area contributed by atoms with E-state index in [-0.39, 0.29) is 0 Å². The molecule has 1 unspecified atom stereocenters. The summed E-state index contributed by atoms with van der Waals surface area (Å²) in [7, 11) is 0. The van der Waals surface area contributed by atoms with Crippen molar-refractivity contribution in [1.82, 2.24) is 5.32 Å². The first-order valence-electron chi connectivity index (χ1n) is 6.45. The third-order valence-electron chi connectivity index (χ3n) is 3.18. The van der Waals surface area contributed by atoms with Crippen LogP contribution in [-0.4, -0.2) is 30.9 Å². The molecule has 3 heteroatoms. The molecule has 1 atom stereocenters. The summed E-state index contributed by atoms with van der Waals surface area (Å²) >= 11 is 0. The van der Waals surface area contributed by atoms with Gasteiger partial charge in [0.25, 0.3) is 0 Å². The number of hydrogen-bond acceptors (Lipinski definition) is 3. The number of ether oxygens (including phenoxy) is 1. The van der Waals surface area contributed by atoms with E-state index in [0.717, 1.165) is 44.5 Å². The van der Waals surface area contributed by atoms with Crippen LogP contribution in [0.2, 0.25) is 0 Å². The highest BCUT2D eigenvalue weighted by molar-refractivity contribution is 5.27. The maximum absolute atomic E-state index is 9.35. The molecule has 2 rings (SSSR count). The standard InChI is InChI=1S/C14H21NO2/c16-13-4-1-3-12(11-13)7-10-17-14-5-2-8-15-9-6-14/h1,3-4,11,14-16H,2,5-10H2. The van der Waals surface area contributed by atoms with Gasteiger partial charge in [0.2, 0.25) is 0 Å². The molecule has 1 aromatic carbocycles. The van der Waals surface area contributed by atoms with Gasteiger partial charge >= 0.3 is 0 Å². The third-order valence-corrected chi connectivity index (χ3v) is 3.18. The smallest absolute Gasteiger partial charge is 0.115 e. The second kappa shape index (κ2) is 6.62. The quantitative estimate of drug-likeness (QED) is 0.839. The summed E-state index contributed by atoms with van der Waals surface area (Å²) in [5.41, 5.74) is 1.14. The van der Waals surface area contributed by atoms with Crippen LogP contribution in [0.4, 0.5) is 0 Å². The van der Waals surface area contributed by atoms with Gasteiger partial charge in [-0.25, -0.2) is 0 Å². The van der Waals surface area contributed by atoms with Crippen LogP contribution >= 0.6 is 0 Å². The molecule has 1 aliphatic heterocycles. The van der Waals surface area contributed by atoms with Gasteiger partial charge in [-0.3, -0.25) is 0 Å². The molecule has 0 bridgehead atoms. The number of hydrogen-bond donors (Lipinski definition) is 2. The minimum atomic E-state index is 0.334. The summed E-state index contributed by atoms with van der Waals surface area (Å²) in [6, 6.07) is 7.40. The zero-order chi connectivity index (χ0) is 11.9. The molecule has 1 fully saturated rings. The minimum absolute atomic E-state index is 0.334. The molecule has 1 heterocycles. The molecular weight excluding hydrogens is 214 g/mol. The molecule has 0 radical (unpaired) electrons. The SMILES string of the molecule is Oc1cccc(CCOC2CCCNCC2)c1. The van der Waals surface area contributed by atoms with Gasteiger partial charge in [-0.2, -0.15) is 0 Å². The van der Waals surface area contributed by atoms with Crippen molar-refractivity contribution in [3.8, 4) is 5.75 Å². The predicted octanol–water partition coefficient (Wildman–Crippen LogP) is 2.09. The molecule has 0 saturated carbocycles. The monoisotopic (exact) mass is 235 g/mol. The lowest BCUT2D eigenvalue weighted by Gasteiger charge is -2.14. The number of phenolic OH excluding ortho intramolecular Hbond substituents is 1. The van der Waals surface area contributed by atoms with Gasteiger partial charge in [-0.05, 0) is 56.5 Å². The van der Waals surface area contributed by atoms with E-state index >= 15 is 0 Å². The first kappa shape index (κ1) is 12.4. The van der Waals surface area contributed by atoms with Crippen molar-refractivity contribution >= 4 is 0 Å². The summed E-state index contributed by atoms with van der Waals surface area (Å²) in [6.45, 7) is 2.93. The summed E-state index contributed by atoms with van der Waals surface area (Å²) in [5.74, 6) is 0.334. The molecule has 0 aromatic heterocycles. The summed E-state index contributed by atoms with van der Waals surface area (Å²) in [6.07, 6.45) is 4.75. The normalized spacial score (nSPS) is 21.1. The van der Waals surface area contributed by atoms with E-state index in [1.54, 1.807) is 12.1 Å². The molecule has 1 aliphatic rings. The Hall–Kier alpha value is -1.06. The van der Waals surface area contributed by atoms with E-state index in [4.69, 9.17) is 4.74 Å². The van der Waals surface area contributed by atoms with E-state index in [2.05, 4.69) is 5.32 Å².